The van der Waals surface area contributed by atoms with E-state index in [1.165, 1.54) is 5.56 Å². The van der Waals surface area contributed by atoms with Crippen LogP contribution in [0.25, 0.3) is 10.9 Å². The van der Waals surface area contributed by atoms with E-state index in [1.54, 1.807) is 6.20 Å². The standard InChI is InChI=1S/C31H37N3O2.BrH/c1-5-21-19-34(20-29(35)33-24-12-10-23(11-13-24)31(2,3)4)17-15-22(21)18-28(34)30(36)26-14-16-32-27-9-7-6-8-25(26)27;/h5-14,16,21-22,28,30,36H,1,15,17-20H2,2-4H3;1H/t21-,22-,28+,30-,34-;/m0./s1. The molecule has 3 aliphatic heterocycles. The van der Waals surface area contributed by atoms with Crippen LogP contribution in [0.15, 0.2) is 73.4 Å². The molecule has 2 N–H and O–H groups in total. The van der Waals surface area contributed by atoms with Crippen LogP contribution < -0.4 is 22.3 Å². The zero-order chi connectivity index (χ0) is 25.5. The van der Waals surface area contributed by atoms with Gasteiger partial charge in [0.15, 0.2) is 6.54 Å². The smallest absolute Gasteiger partial charge is 0.279 e. The maximum absolute atomic E-state index is 13.4. The molecule has 196 valence electrons. The van der Waals surface area contributed by atoms with Crippen LogP contribution in [-0.4, -0.2) is 46.2 Å². The summed E-state index contributed by atoms with van der Waals surface area (Å²) in [5.74, 6) is 0.872. The number of rotatable bonds is 6. The summed E-state index contributed by atoms with van der Waals surface area (Å²) in [4.78, 5) is 17.9. The van der Waals surface area contributed by atoms with Gasteiger partial charge in [-0.05, 0) is 46.7 Å². The van der Waals surface area contributed by atoms with Gasteiger partial charge in [-0.3, -0.25) is 9.78 Å². The van der Waals surface area contributed by atoms with Gasteiger partial charge in [0, 0.05) is 36.0 Å². The molecule has 0 unspecified atom stereocenters. The van der Waals surface area contributed by atoms with Crippen LogP contribution in [0.2, 0.25) is 0 Å². The van der Waals surface area contributed by atoms with Gasteiger partial charge in [-0.1, -0.05) is 57.2 Å². The van der Waals surface area contributed by atoms with Crippen molar-refractivity contribution in [1.29, 1.82) is 0 Å². The van der Waals surface area contributed by atoms with Crippen molar-refractivity contribution in [2.75, 3.05) is 25.0 Å². The molecule has 5 nitrogen and oxygen atoms in total. The fourth-order valence-electron chi connectivity index (χ4n) is 6.50. The molecule has 0 radical (unpaired) electrons. The number of pyridine rings is 1. The van der Waals surface area contributed by atoms with E-state index in [4.69, 9.17) is 0 Å². The topological polar surface area (TPSA) is 62.2 Å². The Balaban J connectivity index is 0.00000320. The Kier molecular flexibility index (Phi) is 7.93. The Bertz CT molecular complexity index is 1260. The molecule has 37 heavy (non-hydrogen) atoms. The monoisotopic (exact) mass is 563 g/mol. The van der Waals surface area contributed by atoms with Crippen molar-refractivity contribution in [1.82, 2.24) is 4.98 Å². The van der Waals surface area contributed by atoms with E-state index in [2.05, 4.69) is 55.9 Å². The van der Waals surface area contributed by atoms with Crippen molar-refractivity contribution in [2.24, 2.45) is 11.8 Å². The van der Waals surface area contributed by atoms with Crippen LogP contribution in [0.4, 0.5) is 5.69 Å². The molecule has 3 aliphatic rings. The average molecular weight is 565 g/mol. The lowest BCUT2D eigenvalue weighted by Crippen LogP contribution is -3.00. The number of aromatic nitrogens is 1. The minimum atomic E-state index is -0.662. The predicted octanol–water partition coefficient (Wildman–Crippen LogP) is 2.62. The number of hydrogen-bond acceptors (Lipinski definition) is 3. The fraction of sp³-hybridized carbons (Fsp3) is 0.419. The molecule has 2 bridgehead atoms. The highest BCUT2D eigenvalue weighted by Crippen LogP contribution is 2.47. The van der Waals surface area contributed by atoms with Gasteiger partial charge >= 0.3 is 0 Å². The predicted molar refractivity (Wildman–Crippen MR) is 146 cm³/mol. The zero-order valence-corrected chi connectivity index (χ0v) is 23.6. The van der Waals surface area contributed by atoms with Crippen LogP contribution >= 0.6 is 0 Å². The van der Waals surface area contributed by atoms with Gasteiger partial charge in [0.25, 0.3) is 5.91 Å². The summed E-state index contributed by atoms with van der Waals surface area (Å²) in [6, 6.07) is 18.0. The third-order valence-corrected chi connectivity index (χ3v) is 8.53. The highest BCUT2D eigenvalue weighted by molar-refractivity contribution is 5.91. The van der Waals surface area contributed by atoms with Crippen molar-refractivity contribution in [3.8, 4) is 0 Å². The van der Waals surface area contributed by atoms with Gasteiger partial charge in [0.2, 0.25) is 0 Å². The van der Waals surface area contributed by atoms with Gasteiger partial charge in [0.05, 0.1) is 18.6 Å². The van der Waals surface area contributed by atoms with Gasteiger partial charge in [-0.25, -0.2) is 0 Å². The summed E-state index contributed by atoms with van der Waals surface area (Å²) < 4.78 is 0.594. The second-order valence-corrected chi connectivity index (χ2v) is 11.8. The van der Waals surface area contributed by atoms with E-state index in [0.717, 1.165) is 48.1 Å². The van der Waals surface area contributed by atoms with Gasteiger partial charge in [-0.15, -0.1) is 6.58 Å². The van der Waals surface area contributed by atoms with Crippen LogP contribution in [0, 0.1) is 11.8 Å². The van der Waals surface area contributed by atoms with Gasteiger partial charge < -0.3 is 31.9 Å². The summed E-state index contributed by atoms with van der Waals surface area (Å²) in [5, 5.41) is 15.9. The Morgan fingerprint density at radius 2 is 1.92 bits per heavy atom. The molecule has 0 aliphatic carbocycles. The number of nitrogens with one attached hydrogen (secondary N) is 1. The molecule has 6 heteroatoms. The summed E-state index contributed by atoms with van der Waals surface area (Å²) in [5.41, 5.74) is 3.91. The quantitative estimate of drug-likeness (QED) is 0.358. The Morgan fingerprint density at radius 1 is 1.19 bits per heavy atom. The number of piperidine rings is 3. The third-order valence-electron chi connectivity index (χ3n) is 8.53. The minimum Gasteiger partial charge on any atom is -1.00 e. The number of benzene rings is 2. The molecule has 5 atom stereocenters. The zero-order valence-electron chi connectivity index (χ0n) is 22.0. The SMILES string of the molecule is C=C[C@H]1C[N@+]2(CC(=O)Nc3ccc(C(C)(C)C)cc3)CC[C@H]1C[C@@H]2[C@@H](O)c1ccnc2ccccc12.[Br-]. The normalized spacial score (nSPS) is 25.8. The first kappa shape index (κ1) is 27.5. The van der Waals surface area contributed by atoms with E-state index in [9.17, 15) is 9.90 Å². The van der Waals surface area contributed by atoms with E-state index in [-0.39, 0.29) is 34.3 Å². The Labute approximate surface area is 231 Å². The van der Waals surface area contributed by atoms with Crippen molar-refractivity contribution in [3.05, 3.63) is 84.6 Å². The maximum atomic E-state index is 13.4. The third kappa shape index (κ3) is 5.38. The highest BCUT2D eigenvalue weighted by atomic mass is 79.9. The number of hydrogen-bond donors (Lipinski definition) is 2. The van der Waals surface area contributed by atoms with Gasteiger partial charge in [-0.2, -0.15) is 0 Å². The average Bonchev–Trinajstić information content (AvgIpc) is 2.87. The summed E-state index contributed by atoms with van der Waals surface area (Å²) in [7, 11) is 0. The van der Waals surface area contributed by atoms with Gasteiger partial charge in [0.1, 0.15) is 12.1 Å². The molecule has 0 spiro atoms. The van der Waals surface area contributed by atoms with Crippen molar-refractivity contribution >= 4 is 22.5 Å². The molecule has 4 heterocycles. The highest BCUT2D eigenvalue weighted by Gasteiger charge is 2.54. The lowest BCUT2D eigenvalue weighted by molar-refractivity contribution is -0.966. The first-order chi connectivity index (χ1) is 17.2. The lowest BCUT2D eigenvalue weighted by atomic mass is 9.71. The molecule has 1 amide bonds. The van der Waals surface area contributed by atoms with Crippen LogP contribution in [0.5, 0.6) is 0 Å². The van der Waals surface area contributed by atoms with Crippen LogP contribution in [-0.2, 0) is 10.2 Å². The molecule has 2 aromatic carbocycles. The molecule has 1 aromatic heterocycles. The molecule has 3 saturated heterocycles. The molecular weight excluding hydrogens is 526 g/mol. The Hall–Kier alpha value is -2.54. The lowest BCUT2D eigenvalue weighted by Gasteiger charge is -2.57. The van der Waals surface area contributed by atoms with Crippen molar-refractivity contribution in [3.63, 3.8) is 0 Å². The number of carbonyl (C=O) groups is 1. The number of carbonyl (C=O) groups excluding carboxylic acids is 1. The molecule has 6 rings (SSSR count). The number of aliphatic hydroxyl groups is 1. The summed E-state index contributed by atoms with van der Waals surface area (Å²) in [6.45, 7) is 12.7. The number of para-hydroxylation sites is 1. The second-order valence-electron chi connectivity index (χ2n) is 11.8. The van der Waals surface area contributed by atoms with Crippen LogP contribution in [0.1, 0.15) is 50.8 Å². The number of amides is 1. The van der Waals surface area contributed by atoms with E-state index < -0.39 is 6.10 Å². The fourth-order valence-corrected chi connectivity index (χ4v) is 6.50. The van der Waals surface area contributed by atoms with E-state index in [0.29, 0.717) is 22.9 Å². The largest absolute Gasteiger partial charge is 1.00 e. The minimum absolute atomic E-state index is 0. The number of nitrogens with zero attached hydrogens (tertiary/aromatic N) is 2. The number of quaternary nitrogens is 1. The number of aliphatic hydroxyl groups excluding tert-OH is 1. The van der Waals surface area contributed by atoms with Crippen molar-refractivity contribution < 1.29 is 31.4 Å². The molecule has 3 aromatic rings. The second kappa shape index (κ2) is 10.7. The number of halogens is 1. The molecular formula is C31H38BrN3O2. The summed E-state index contributed by atoms with van der Waals surface area (Å²) in [6.07, 6.45) is 5.13. The van der Waals surface area contributed by atoms with Crippen LogP contribution in [0.3, 0.4) is 0 Å². The maximum Gasteiger partial charge on any atom is 0.279 e. The van der Waals surface area contributed by atoms with Crippen molar-refractivity contribution in [2.45, 2.75) is 51.2 Å². The summed E-state index contributed by atoms with van der Waals surface area (Å²) >= 11 is 0. The number of anilines is 1. The Morgan fingerprint density at radius 3 is 2.62 bits per heavy atom. The molecule has 3 fully saturated rings. The van der Waals surface area contributed by atoms with E-state index >= 15 is 0 Å². The first-order valence-corrected chi connectivity index (χ1v) is 13.1. The number of fused-ring (bicyclic) bond motifs is 4. The first-order valence-electron chi connectivity index (χ1n) is 13.1. The molecule has 0 saturated carbocycles. The van der Waals surface area contributed by atoms with E-state index in [1.807, 2.05) is 42.5 Å².